The fourth-order valence-corrected chi connectivity index (χ4v) is 8.45. The summed E-state index contributed by atoms with van der Waals surface area (Å²) in [6.07, 6.45) is 6.45. The van der Waals surface area contributed by atoms with Gasteiger partial charge in [0.1, 0.15) is 17.7 Å². The molecule has 3 aliphatic heterocycles. The van der Waals surface area contributed by atoms with E-state index in [-0.39, 0.29) is 29.8 Å². The monoisotopic (exact) mass is 770 g/mol. The lowest BCUT2D eigenvalue weighted by Gasteiger charge is -2.33. The van der Waals surface area contributed by atoms with Gasteiger partial charge in [-0.05, 0) is 66.3 Å². The number of nitrogens with one attached hydrogen (secondary N) is 3. The lowest BCUT2D eigenvalue weighted by molar-refractivity contribution is -0.138. The average molecular weight is 771 g/mol. The van der Waals surface area contributed by atoms with Gasteiger partial charge in [-0.2, -0.15) is 0 Å². The predicted molar refractivity (Wildman–Crippen MR) is 211 cm³/mol. The lowest BCUT2D eigenvalue weighted by atomic mass is 9.95. The molecule has 8 rings (SSSR count). The van der Waals surface area contributed by atoms with Gasteiger partial charge in [0.05, 0.1) is 43.0 Å². The Labute approximate surface area is 330 Å². The van der Waals surface area contributed by atoms with E-state index in [1.807, 2.05) is 41.4 Å². The van der Waals surface area contributed by atoms with Gasteiger partial charge >= 0.3 is 12.2 Å². The highest BCUT2D eigenvalue weighted by Crippen LogP contribution is 2.36. The number of likely N-dealkylation sites (tertiary alicyclic amines) is 3. The Morgan fingerprint density at radius 3 is 1.74 bits per heavy atom. The highest BCUT2D eigenvalue weighted by molar-refractivity contribution is 5.87. The second-order valence-corrected chi connectivity index (χ2v) is 14.9. The number of piperidine rings is 1. The summed E-state index contributed by atoms with van der Waals surface area (Å²) in [5.74, 6) is 1.20. The van der Waals surface area contributed by atoms with Crippen LogP contribution in [0.2, 0.25) is 0 Å². The number of ether oxygens (including phenoxy) is 1. The van der Waals surface area contributed by atoms with E-state index >= 15 is 0 Å². The van der Waals surface area contributed by atoms with Gasteiger partial charge in [-0.3, -0.25) is 9.59 Å². The van der Waals surface area contributed by atoms with Crippen LogP contribution < -0.4 is 5.32 Å². The number of alkyl carbamates (subject to hydrolysis) is 1. The largest absolute Gasteiger partial charge is 0.465 e. The zero-order chi connectivity index (χ0) is 39.5. The fourth-order valence-electron chi connectivity index (χ4n) is 8.45. The molecule has 3 saturated heterocycles. The third-order valence-electron chi connectivity index (χ3n) is 11.6. The van der Waals surface area contributed by atoms with Crippen LogP contribution in [0.3, 0.4) is 0 Å². The molecular weight excluding hydrogens is 725 g/mol. The molecule has 2 aromatic heterocycles. The van der Waals surface area contributed by atoms with Crippen molar-refractivity contribution in [3.05, 3.63) is 108 Å². The molecule has 4 amide bonds. The summed E-state index contributed by atoms with van der Waals surface area (Å²) in [7, 11) is 1.28. The van der Waals surface area contributed by atoms with E-state index in [9.17, 15) is 24.3 Å². The first kappa shape index (κ1) is 37.5. The van der Waals surface area contributed by atoms with Crippen LogP contribution in [0.5, 0.6) is 0 Å². The molecule has 5 heterocycles. The summed E-state index contributed by atoms with van der Waals surface area (Å²) in [5.41, 5.74) is 6.49. The van der Waals surface area contributed by atoms with Crippen molar-refractivity contribution in [3.8, 4) is 33.6 Å². The highest BCUT2D eigenvalue weighted by Gasteiger charge is 2.38. The Morgan fingerprint density at radius 2 is 1.21 bits per heavy atom. The molecule has 57 heavy (non-hydrogen) atoms. The van der Waals surface area contributed by atoms with Crippen LogP contribution in [-0.2, 0) is 14.3 Å². The minimum atomic E-state index is -0.926. The average Bonchev–Trinajstić information content (AvgIpc) is 4.10. The van der Waals surface area contributed by atoms with Gasteiger partial charge in [0.2, 0.25) is 5.91 Å². The number of methoxy groups -OCH3 is 1. The molecule has 4 N–H and O–H groups in total. The van der Waals surface area contributed by atoms with Crippen molar-refractivity contribution in [3.63, 3.8) is 0 Å². The number of aromatic amines is 2. The summed E-state index contributed by atoms with van der Waals surface area (Å²) >= 11 is 0. The zero-order valence-electron chi connectivity index (χ0n) is 31.8. The number of hydrogen-bond acceptors (Lipinski definition) is 7. The molecule has 3 aromatic carbocycles. The molecule has 3 aliphatic rings. The molecule has 294 valence electrons. The molecule has 3 fully saturated rings. The number of carboxylic acid groups (broad SMARTS) is 1. The molecule has 0 saturated carbocycles. The predicted octanol–water partition coefficient (Wildman–Crippen LogP) is 6.95. The zero-order valence-corrected chi connectivity index (χ0v) is 31.8. The number of benzene rings is 3. The molecule has 5 aromatic rings. The number of aromatic nitrogens is 4. The van der Waals surface area contributed by atoms with Crippen molar-refractivity contribution in [2.24, 2.45) is 5.92 Å². The van der Waals surface area contributed by atoms with E-state index in [2.05, 4.69) is 63.8 Å². The summed E-state index contributed by atoms with van der Waals surface area (Å²) in [4.78, 5) is 72.3. The minimum absolute atomic E-state index is 0.0971. The maximum absolute atomic E-state index is 13.9. The van der Waals surface area contributed by atoms with Crippen LogP contribution in [0.1, 0.15) is 73.9 Å². The molecule has 14 nitrogen and oxygen atoms in total. The van der Waals surface area contributed by atoms with Gasteiger partial charge in [0.25, 0.3) is 5.91 Å². The topological polar surface area (TPSA) is 177 Å². The number of carbonyl (C=O) groups excluding carboxylic acids is 3. The van der Waals surface area contributed by atoms with Crippen LogP contribution >= 0.6 is 0 Å². The molecule has 0 spiro atoms. The van der Waals surface area contributed by atoms with Crippen molar-refractivity contribution in [1.29, 1.82) is 0 Å². The Morgan fingerprint density at radius 1 is 0.702 bits per heavy atom. The van der Waals surface area contributed by atoms with E-state index in [0.29, 0.717) is 50.4 Å². The van der Waals surface area contributed by atoms with Crippen LogP contribution in [0.25, 0.3) is 33.6 Å². The second-order valence-electron chi connectivity index (χ2n) is 14.9. The quantitative estimate of drug-likeness (QED) is 0.125. The number of nitrogens with zero attached hydrogens (tertiary/aromatic N) is 5. The van der Waals surface area contributed by atoms with E-state index in [1.165, 1.54) is 12.0 Å². The van der Waals surface area contributed by atoms with Crippen molar-refractivity contribution < 1.29 is 29.0 Å². The van der Waals surface area contributed by atoms with Crippen LogP contribution in [0.4, 0.5) is 9.59 Å². The molecule has 0 radical (unpaired) electrons. The number of H-pyrrole nitrogens is 2. The molecular formula is C43H46N8O6. The number of hydrogen-bond donors (Lipinski definition) is 4. The first-order valence-corrected chi connectivity index (χ1v) is 19.6. The molecule has 0 aliphatic carbocycles. The lowest BCUT2D eigenvalue weighted by Crippen LogP contribution is -2.44. The van der Waals surface area contributed by atoms with Gasteiger partial charge < -0.3 is 39.8 Å². The Bertz CT molecular complexity index is 2210. The van der Waals surface area contributed by atoms with Crippen LogP contribution in [-0.4, -0.2) is 97.0 Å². The van der Waals surface area contributed by atoms with Crippen molar-refractivity contribution in [2.75, 3.05) is 33.3 Å². The maximum Gasteiger partial charge on any atom is 0.407 e. The van der Waals surface area contributed by atoms with E-state index < -0.39 is 18.2 Å². The summed E-state index contributed by atoms with van der Waals surface area (Å²) in [6, 6.07) is 24.5. The van der Waals surface area contributed by atoms with Crippen LogP contribution in [0, 0.1) is 5.92 Å². The van der Waals surface area contributed by atoms with E-state index in [4.69, 9.17) is 14.7 Å². The Balaban J connectivity index is 0.908. The fraction of sp³-hybridized carbons (Fsp3) is 0.349. The first-order valence-electron chi connectivity index (χ1n) is 19.6. The molecule has 0 unspecified atom stereocenters. The summed E-state index contributed by atoms with van der Waals surface area (Å²) in [6.45, 7) is 2.02. The molecule has 14 heteroatoms. The normalized spacial score (nSPS) is 19.1. The van der Waals surface area contributed by atoms with Gasteiger partial charge in [-0.1, -0.05) is 78.9 Å². The molecule has 3 atom stereocenters. The summed E-state index contributed by atoms with van der Waals surface area (Å²) < 4.78 is 4.82. The second kappa shape index (κ2) is 16.3. The Hall–Kier alpha value is -6.44. The van der Waals surface area contributed by atoms with Gasteiger partial charge in [0.15, 0.2) is 0 Å². The van der Waals surface area contributed by atoms with Gasteiger partial charge in [-0.25, -0.2) is 19.6 Å². The molecule has 0 bridgehead atoms. The van der Waals surface area contributed by atoms with Gasteiger partial charge in [0, 0.05) is 32.1 Å². The smallest absolute Gasteiger partial charge is 0.407 e. The van der Waals surface area contributed by atoms with Crippen LogP contribution in [0.15, 0.2) is 91.3 Å². The van der Waals surface area contributed by atoms with Crippen molar-refractivity contribution >= 4 is 24.0 Å². The SMILES string of the molecule is COC(=O)N[C@@H](C(=O)N1CCC[C@H]1c1ncc(-c2ccc(-c3ccc(-c4cnc([C@@H]5CCCN5C(=O)C5CCN(C(=O)O)CC5)[nH]4)cc3)cc2)[nH]1)c1ccccc1. The summed E-state index contributed by atoms with van der Waals surface area (Å²) in [5, 5.41) is 12.0. The number of rotatable bonds is 9. The third-order valence-corrected chi connectivity index (χ3v) is 11.6. The maximum atomic E-state index is 13.9. The number of carbonyl (C=O) groups is 4. The van der Waals surface area contributed by atoms with Gasteiger partial charge in [-0.15, -0.1) is 0 Å². The number of amides is 4. The van der Waals surface area contributed by atoms with E-state index in [1.54, 1.807) is 11.1 Å². The third kappa shape index (κ3) is 7.84. The van der Waals surface area contributed by atoms with E-state index in [0.717, 1.165) is 65.1 Å². The standard InChI is InChI=1S/C43H46N8O6/c1-57-42(54)48-37(31-7-3-2-4-8-31)41(53)51-22-6-10-36(51)39-45-26-34(47-39)30-17-13-28(14-18-30)27-11-15-29(16-12-27)33-25-44-38(46-33)35-9-5-21-50(35)40(52)32-19-23-49(24-20-32)43(55)56/h2-4,7-8,11-18,25-26,32,35-37H,5-6,9-10,19-24H2,1H3,(H,44,46)(H,45,47)(H,48,54)(H,55,56)/t35-,36-,37+/m0/s1. The van der Waals surface area contributed by atoms with Crippen molar-refractivity contribution in [1.82, 2.24) is 40.0 Å². The van der Waals surface area contributed by atoms with Crippen molar-refractivity contribution in [2.45, 2.75) is 56.7 Å². The minimum Gasteiger partial charge on any atom is -0.465 e. The Kier molecular flexibility index (Phi) is 10.7. The first-order chi connectivity index (χ1) is 27.8. The highest BCUT2D eigenvalue weighted by atomic mass is 16.5. The number of imidazole rings is 2.